The predicted molar refractivity (Wildman–Crippen MR) is 141 cm³/mol. The molecule has 1 aromatic heterocycles. The van der Waals surface area contributed by atoms with Crippen molar-refractivity contribution in [1.82, 2.24) is 0 Å². The lowest BCUT2D eigenvalue weighted by molar-refractivity contribution is -0.138. The molecular formula is C27H21N3O5S2. The molecule has 1 fully saturated rings. The molecule has 3 aromatic rings. The molecule has 1 aliphatic carbocycles. The molecular weight excluding hydrogens is 510 g/mol. The van der Waals surface area contributed by atoms with Crippen LogP contribution >= 0.6 is 23.1 Å². The van der Waals surface area contributed by atoms with E-state index in [2.05, 4.69) is 17.5 Å². The average Bonchev–Trinajstić information content (AvgIpc) is 3.39. The number of nitrogens with one attached hydrogen (secondary N) is 1. The highest BCUT2D eigenvalue weighted by Crippen LogP contribution is 2.48. The summed E-state index contributed by atoms with van der Waals surface area (Å²) < 4.78 is 0. The minimum Gasteiger partial charge on any atom is -0.481 e. The van der Waals surface area contributed by atoms with Crippen LogP contribution in [-0.2, 0) is 32.0 Å². The van der Waals surface area contributed by atoms with Crippen LogP contribution in [0.2, 0.25) is 0 Å². The second kappa shape index (κ2) is 10.2. The zero-order chi connectivity index (χ0) is 26.1. The third kappa shape index (κ3) is 4.88. The number of carboxylic acids is 1. The van der Waals surface area contributed by atoms with Gasteiger partial charge in [-0.1, -0.05) is 24.3 Å². The maximum Gasteiger partial charge on any atom is 0.303 e. The molecule has 1 atom stereocenters. The van der Waals surface area contributed by atoms with Crippen LogP contribution in [0, 0.1) is 11.3 Å². The van der Waals surface area contributed by atoms with Gasteiger partial charge in [-0.15, -0.1) is 23.1 Å². The van der Waals surface area contributed by atoms with Gasteiger partial charge >= 0.3 is 5.97 Å². The van der Waals surface area contributed by atoms with Gasteiger partial charge in [0.15, 0.2) is 0 Å². The summed E-state index contributed by atoms with van der Waals surface area (Å²) in [5, 5.41) is 21.0. The zero-order valence-electron chi connectivity index (χ0n) is 19.5. The minimum atomic E-state index is -1.04. The van der Waals surface area contributed by atoms with Gasteiger partial charge in [0.25, 0.3) is 0 Å². The molecule has 37 heavy (non-hydrogen) atoms. The molecule has 3 amide bonds. The number of thiophene rings is 1. The number of fused-ring (bicyclic) bond motifs is 3. The van der Waals surface area contributed by atoms with E-state index in [-0.39, 0.29) is 31.1 Å². The summed E-state index contributed by atoms with van der Waals surface area (Å²) in [7, 11) is 0. The van der Waals surface area contributed by atoms with Crippen molar-refractivity contribution in [2.45, 2.75) is 42.2 Å². The van der Waals surface area contributed by atoms with Crippen molar-refractivity contribution in [2.24, 2.45) is 0 Å². The van der Waals surface area contributed by atoms with E-state index in [1.807, 2.05) is 18.2 Å². The fraction of sp³-hybridized carbons (Fsp3) is 0.222. The zero-order valence-corrected chi connectivity index (χ0v) is 21.2. The summed E-state index contributed by atoms with van der Waals surface area (Å²) in [5.74, 6) is -2.11. The molecule has 2 N–H and O–H groups in total. The standard InChI is InChI=1S/C27H21N3O5S2/c28-14-20-19-10-5-15-3-1-2-4-18(15)25(19)37-27(20)30-23(32)13-21(26(30)35)36-17-8-6-16(7-9-17)29-22(31)11-12-24(33)34/h1-4,6-9,21H,5,10-13H2,(H,29,31)(H,33,34). The van der Waals surface area contributed by atoms with E-state index >= 15 is 0 Å². The van der Waals surface area contributed by atoms with Crippen molar-refractivity contribution in [1.29, 1.82) is 5.26 Å². The number of aryl methyl sites for hydroxylation is 1. The van der Waals surface area contributed by atoms with Gasteiger partial charge in [0.1, 0.15) is 11.1 Å². The van der Waals surface area contributed by atoms with E-state index < -0.39 is 17.1 Å². The first-order valence-electron chi connectivity index (χ1n) is 11.6. The molecule has 186 valence electrons. The molecule has 8 nitrogen and oxygen atoms in total. The van der Waals surface area contributed by atoms with Crippen LogP contribution in [-0.4, -0.2) is 34.0 Å². The summed E-state index contributed by atoms with van der Waals surface area (Å²) in [5.41, 5.74) is 4.07. The first kappa shape index (κ1) is 24.7. The van der Waals surface area contributed by atoms with Gasteiger partial charge in [-0.05, 0) is 53.8 Å². The van der Waals surface area contributed by atoms with Crippen LogP contribution in [0.15, 0.2) is 53.4 Å². The summed E-state index contributed by atoms with van der Waals surface area (Å²) >= 11 is 2.59. The highest BCUT2D eigenvalue weighted by atomic mass is 32.2. The lowest BCUT2D eigenvalue weighted by Crippen LogP contribution is -2.31. The number of carbonyl (C=O) groups is 4. The molecule has 5 rings (SSSR count). The van der Waals surface area contributed by atoms with E-state index in [9.17, 15) is 24.4 Å². The summed E-state index contributed by atoms with van der Waals surface area (Å²) in [4.78, 5) is 51.7. The highest BCUT2D eigenvalue weighted by molar-refractivity contribution is 8.00. The lowest BCUT2D eigenvalue weighted by atomic mass is 9.89. The van der Waals surface area contributed by atoms with Crippen molar-refractivity contribution in [3.8, 4) is 16.5 Å². The number of hydrogen-bond donors (Lipinski definition) is 2. The smallest absolute Gasteiger partial charge is 0.303 e. The van der Waals surface area contributed by atoms with Gasteiger partial charge in [-0.3, -0.25) is 19.2 Å². The van der Waals surface area contributed by atoms with E-state index in [1.54, 1.807) is 24.3 Å². The maximum absolute atomic E-state index is 13.4. The molecule has 0 spiro atoms. The van der Waals surface area contributed by atoms with Gasteiger partial charge in [0.05, 0.1) is 17.2 Å². The Morgan fingerprint density at radius 1 is 1.11 bits per heavy atom. The van der Waals surface area contributed by atoms with E-state index in [1.165, 1.54) is 33.6 Å². The second-order valence-electron chi connectivity index (χ2n) is 8.70. The normalized spacial score (nSPS) is 16.2. The van der Waals surface area contributed by atoms with Gasteiger partial charge in [0, 0.05) is 28.3 Å². The third-order valence-electron chi connectivity index (χ3n) is 6.30. The quantitative estimate of drug-likeness (QED) is 0.426. The number of aliphatic carboxylic acids is 1. The largest absolute Gasteiger partial charge is 0.481 e. The van der Waals surface area contributed by atoms with Gasteiger partial charge in [-0.2, -0.15) is 5.26 Å². The highest BCUT2D eigenvalue weighted by Gasteiger charge is 2.43. The Morgan fingerprint density at radius 3 is 2.59 bits per heavy atom. The number of carbonyl (C=O) groups excluding carboxylic acids is 3. The SMILES string of the molecule is N#Cc1c(N2C(=O)CC(Sc3ccc(NC(=O)CCC(=O)O)cc3)C2=O)sc2c1CCc1ccccc1-2. The molecule has 10 heteroatoms. The van der Waals surface area contributed by atoms with Crippen LogP contribution in [0.25, 0.3) is 10.4 Å². The number of imide groups is 1. The molecule has 1 unspecified atom stereocenters. The van der Waals surface area contributed by atoms with Gasteiger partial charge < -0.3 is 10.4 Å². The van der Waals surface area contributed by atoms with Crippen molar-refractivity contribution in [3.63, 3.8) is 0 Å². The van der Waals surface area contributed by atoms with Crippen LogP contribution in [0.3, 0.4) is 0 Å². The van der Waals surface area contributed by atoms with E-state index in [4.69, 9.17) is 5.11 Å². The van der Waals surface area contributed by atoms with Gasteiger partial charge in [0.2, 0.25) is 17.7 Å². The molecule has 0 radical (unpaired) electrons. The first-order chi connectivity index (χ1) is 17.9. The summed E-state index contributed by atoms with van der Waals surface area (Å²) in [6.45, 7) is 0. The molecule has 2 aromatic carbocycles. The molecule has 2 heterocycles. The van der Waals surface area contributed by atoms with Crippen LogP contribution in [0.4, 0.5) is 10.7 Å². The average molecular weight is 532 g/mol. The van der Waals surface area contributed by atoms with Crippen molar-refractivity contribution in [3.05, 3.63) is 65.2 Å². The number of anilines is 2. The van der Waals surface area contributed by atoms with E-state index in [0.29, 0.717) is 22.7 Å². The monoisotopic (exact) mass is 531 g/mol. The fourth-order valence-corrected chi connectivity index (χ4v) is 6.97. The molecule has 0 bridgehead atoms. The van der Waals surface area contributed by atoms with Crippen molar-refractivity contribution < 1.29 is 24.3 Å². The number of carboxylic acid groups (broad SMARTS) is 1. The topological polar surface area (TPSA) is 128 Å². The Morgan fingerprint density at radius 2 is 1.86 bits per heavy atom. The molecule has 0 saturated carbocycles. The molecule has 2 aliphatic rings. The van der Waals surface area contributed by atoms with E-state index in [0.717, 1.165) is 27.3 Å². The number of nitrogens with zero attached hydrogens (tertiary/aromatic N) is 2. The van der Waals surface area contributed by atoms with Crippen LogP contribution < -0.4 is 10.2 Å². The van der Waals surface area contributed by atoms with Crippen molar-refractivity contribution >= 4 is 57.5 Å². The Labute approximate surface area is 220 Å². The number of benzene rings is 2. The minimum absolute atomic E-state index is 0.0290. The number of amides is 3. The number of thioether (sulfide) groups is 1. The Kier molecular flexibility index (Phi) is 6.82. The molecule has 1 saturated heterocycles. The molecule has 1 aliphatic heterocycles. The third-order valence-corrected chi connectivity index (χ3v) is 8.74. The first-order valence-corrected chi connectivity index (χ1v) is 13.3. The maximum atomic E-state index is 13.4. The van der Waals surface area contributed by atoms with Crippen molar-refractivity contribution in [2.75, 3.05) is 10.2 Å². The Balaban J connectivity index is 1.32. The van der Waals surface area contributed by atoms with Gasteiger partial charge in [-0.25, -0.2) is 4.90 Å². The number of hydrogen-bond acceptors (Lipinski definition) is 7. The number of rotatable bonds is 7. The fourth-order valence-electron chi connectivity index (χ4n) is 4.53. The number of nitriles is 1. The summed E-state index contributed by atoms with van der Waals surface area (Å²) in [6.07, 6.45) is 1.16. The summed E-state index contributed by atoms with van der Waals surface area (Å²) in [6, 6.07) is 17.1. The predicted octanol–water partition coefficient (Wildman–Crippen LogP) is 4.61. The van der Waals surface area contributed by atoms with Crippen LogP contribution in [0.5, 0.6) is 0 Å². The Bertz CT molecular complexity index is 1470. The van der Waals surface area contributed by atoms with Crippen LogP contribution in [0.1, 0.15) is 36.0 Å². The Hall–Kier alpha value is -3.94. The lowest BCUT2D eigenvalue weighted by Gasteiger charge is -2.15. The second-order valence-corrected chi connectivity index (χ2v) is 11.0.